The number of imidazole rings is 1. The fourth-order valence-electron chi connectivity index (χ4n) is 1.34. The van der Waals surface area contributed by atoms with E-state index in [0.29, 0.717) is 5.69 Å². The molecule has 3 N–H and O–H groups in total. The second-order valence-electron chi connectivity index (χ2n) is 3.02. The number of carbonyl (C=O) groups is 1. The van der Waals surface area contributed by atoms with Crippen molar-refractivity contribution in [2.24, 2.45) is 5.84 Å². The largest absolute Gasteiger partial charge is 0.306 e. The molecule has 2 aromatic heterocycles. The van der Waals surface area contributed by atoms with Gasteiger partial charge < -0.3 is 4.40 Å². The maximum Gasteiger partial charge on any atom is 0.285 e. The Morgan fingerprint density at radius 1 is 1.64 bits per heavy atom. The van der Waals surface area contributed by atoms with Crippen LogP contribution in [-0.2, 0) is 0 Å². The summed E-state index contributed by atoms with van der Waals surface area (Å²) in [5, 5.41) is 0. The molecule has 0 aliphatic heterocycles. The third-order valence-electron chi connectivity index (χ3n) is 2.04. The molecule has 0 aromatic carbocycles. The van der Waals surface area contributed by atoms with Gasteiger partial charge in [-0.15, -0.1) is 0 Å². The summed E-state index contributed by atoms with van der Waals surface area (Å²) in [5.41, 5.74) is 4.15. The van der Waals surface area contributed by atoms with E-state index in [1.54, 1.807) is 10.6 Å². The van der Waals surface area contributed by atoms with Gasteiger partial charge in [-0.1, -0.05) is 6.07 Å². The zero-order valence-electron chi connectivity index (χ0n) is 7.69. The number of nitrogens with zero attached hydrogens (tertiary/aromatic N) is 2. The molecule has 72 valence electrons. The fraction of sp³-hybridized carbons (Fsp3) is 0.111. The summed E-state index contributed by atoms with van der Waals surface area (Å²) in [5.74, 6) is 4.63. The van der Waals surface area contributed by atoms with E-state index in [1.807, 2.05) is 30.7 Å². The van der Waals surface area contributed by atoms with E-state index in [1.165, 1.54) is 0 Å². The number of aryl methyl sites for hydroxylation is 1. The third kappa shape index (κ3) is 1.23. The highest BCUT2D eigenvalue weighted by Gasteiger charge is 2.09. The first kappa shape index (κ1) is 8.71. The standard InChI is InChI=1S/C9H10N4O/c1-6-3-2-4-13-5-7(9(14)12-10)11-8(6)13/h2-5H,10H2,1H3,(H,12,14). The number of nitrogen functional groups attached to an aromatic ring is 1. The number of hydrogen-bond acceptors (Lipinski definition) is 3. The van der Waals surface area contributed by atoms with Gasteiger partial charge in [0.2, 0.25) is 0 Å². The molecule has 5 heteroatoms. The average molecular weight is 190 g/mol. The minimum absolute atomic E-state index is 0.321. The van der Waals surface area contributed by atoms with Crippen molar-refractivity contribution in [1.82, 2.24) is 14.8 Å². The van der Waals surface area contributed by atoms with E-state index in [0.717, 1.165) is 11.2 Å². The Kier molecular flexibility index (Phi) is 1.94. The van der Waals surface area contributed by atoms with Gasteiger partial charge in [-0.3, -0.25) is 10.2 Å². The van der Waals surface area contributed by atoms with Crippen molar-refractivity contribution in [2.75, 3.05) is 0 Å². The van der Waals surface area contributed by atoms with Crippen LogP contribution < -0.4 is 11.3 Å². The molecule has 2 heterocycles. The molecule has 0 bridgehead atoms. The number of nitrogens with two attached hydrogens (primary N) is 1. The van der Waals surface area contributed by atoms with Gasteiger partial charge in [0.1, 0.15) is 11.3 Å². The van der Waals surface area contributed by atoms with Gasteiger partial charge in [0.15, 0.2) is 0 Å². The topological polar surface area (TPSA) is 72.4 Å². The first-order valence-corrected chi connectivity index (χ1v) is 4.17. The Hall–Kier alpha value is -1.88. The highest BCUT2D eigenvalue weighted by atomic mass is 16.2. The number of hydrazine groups is 1. The summed E-state index contributed by atoms with van der Waals surface area (Å²) in [4.78, 5) is 15.3. The molecule has 0 radical (unpaired) electrons. The quantitative estimate of drug-likeness (QED) is 0.384. The Labute approximate surface area is 80.5 Å². The Morgan fingerprint density at radius 2 is 2.43 bits per heavy atom. The van der Waals surface area contributed by atoms with E-state index in [2.05, 4.69) is 4.98 Å². The summed E-state index contributed by atoms with van der Waals surface area (Å²) in [6.45, 7) is 1.94. The number of rotatable bonds is 1. The number of nitrogens with one attached hydrogen (secondary N) is 1. The van der Waals surface area contributed by atoms with Crippen LogP contribution in [0.1, 0.15) is 16.1 Å². The smallest absolute Gasteiger partial charge is 0.285 e. The van der Waals surface area contributed by atoms with E-state index in [-0.39, 0.29) is 5.91 Å². The van der Waals surface area contributed by atoms with Crippen LogP contribution >= 0.6 is 0 Å². The van der Waals surface area contributed by atoms with Crippen LogP contribution in [0.15, 0.2) is 24.5 Å². The van der Waals surface area contributed by atoms with Crippen LogP contribution in [0.25, 0.3) is 5.65 Å². The molecular formula is C9H10N4O. The normalized spacial score (nSPS) is 10.4. The summed E-state index contributed by atoms with van der Waals surface area (Å²) in [6.07, 6.45) is 3.48. The van der Waals surface area contributed by atoms with Gasteiger partial charge in [-0.2, -0.15) is 0 Å². The van der Waals surface area contributed by atoms with Crippen LogP contribution in [0.2, 0.25) is 0 Å². The van der Waals surface area contributed by atoms with Crippen molar-refractivity contribution in [3.05, 3.63) is 35.8 Å². The van der Waals surface area contributed by atoms with Crippen molar-refractivity contribution >= 4 is 11.6 Å². The molecule has 0 fully saturated rings. The SMILES string of the molecule is Cc1cccn2cc(C(=O)NN)nc12. The lowest BCUT2D eigenvalue weighted by Gasteiger charge is -1.93. The molecule has 14 heavy (non-hydrogen) atoms. The van der Waals surface area contributed by atoms with Crippen LogP contribution in [0, 0.1) is 6.92 Å². The van der Waals surface area contributed by atoms with Gasteiger partial charge in [0.05, 0.1) is 0 Å². The molecule has 0 saturated carbocycles. The van der Waals surface area contributed by atoms with Gasteiger partial charge in [-0.25, -0.2) is 10.8 Å². The van der Waals surface area contributed by atoms with Crippen molar-refractivity contribution in [2.45, 2.75) is 6.92 Å². The minimum atomic E-state index is -0.381. The molecule has 5 nitrogen and oxygen atoms in total. The first-order valence-electron chi connectivity index (χ1n) is 4.17. The first-order chi connectivity index (χ1) is 6.72. The molecule has 0 spiro atoms. The molecule has 2 rings (SSSR count). The lowest BCUT2D eigenvalue weighted by molar-refractivity contribution is 0.0949. The molecule has 0 saturated heterocycles. The van der Waals surface area contributed by atoms with Gasteiger partial charge >= 0.3 is 0 Å². The van der Waals surface area contributed by atoms with Crippen LogP contribution in [0.4, 0.5) is 0 Å². The number of aromatic nitrogens is 2. The van der Waals surface area contributed by atoms with Crippen molar-refractivity contribution in [3.63, 3.8) is 0 Å². The second-order valence-corrected chi connectivity index (χ2v) is 3.02. The van der Waals surface area contributed by atoms with Crippen LogP contribution in [0.3, 0.4) is 0 Å². The minimum Gasteiger partial charge on any atom is -0.306 e. The van der Waals surface area contributed by atoms with E-state index in [4.69, 9.17) is 5.84 Å². The maximum atomic E-state index is 11.2. The zero-order valence-corrected chi connectivity index (χ0v) is 7.69. The Balaban J connectivity index is 2.62. The van der Waals surface area contributed by atoms with Crippen molar-refractivity contribution in [1.29, 1.82) is 0 Å². The van der Waals surface area contributed by atoms with E-state index in [9.17, 15) is 4.79 Å². The lowest BCUT2D eigenvalue weighted by Crippen LogP contribution is -2.30. The average Bonchev–Trinajstić information content (AvgIpc) is 2.62. The zero-order chi connectivity index (χ0) is 10.1. The van der Waals surface area contributed by atoms with Gasteiger partial charge in [0.25, 0.3) is 5.91 Å². The maximum absolute atomic E-state index is 11.2. The third-order valence-corrected chi connectivity index (χ3v) is 2.04. The summed E-state index contributed by atoms with van der Waals surface area (Å²) in [6, 6.07) is 3.83. The Bertz CT molecular complexity index is 489. The fourth-order valence-corrected chi connectivity index (χ4v) is 1.34. The van der Waals surface area contributed by atoms with Crippen molar-refractivity contribution in [3.8, 4) is 0 Å². The number of pyridine rings is 1. The van der Waals surface area contributed by atoms with Gasteiger partial charge in [0, 0.05) is 12.4 Å². The van der Waals surface area contributed by atoms with Crippen molar-refractivity contribution < 1.29 is 4.79 Å². The molecule has 0 unspecified atom stereocenters. The number of carbonyl (C=O) groups excluding carboxylic acids is 1. The van der Waals surface area contributed by atoms with Gasteiger partial charge in [-0.05, 0) is 18.6 Å². The van der Waals surface area contributed by atoms with Crippen LogP contribution in [0.5, 0.6) is 0 Å². The summed E-state index contributed by atoms with van der Waals surface area (Å²) >= 11 is 0. The molecule has 2 aromatic rings. The lowest BCUT2D eigenvalue weighted by atomic mass is 10.3. The highest BCUT2D eigenvalue weighted by molar-refractivity contribution is 5.92. The monoisotopic (exact) mass is 190 g/mol. The molecule has 0 aliphatic carbocycles. The number of fused-ring (bicyclic) bond motifs is 1. The highest BCUT2D eigenvalue weighted by Crippen LogP contribution is 2.09. The molecule has 1 amide bonds. The second kappa shape index (κ2) is 3.12. The molecular weight excluding hydrogens is 180 g/mol. The summed E-state index contributed by atoms with van der Waals surface area (Å²) < 4.78 is 1.79. The molecule has 0 atom stereocenters. The van der Waals surface area contributed by atoms with Crippen LogP contribution in [-0.4, -0.2) is 15.3 Å². The summed E-state index contributed by atoms with van der Waals surface area (Å²) in [7, 11) is 0. The van der Waals surface area contributed by atoms with E-state index >= 15 is 0 Å². The number of hydrogen-bond donors (Lipinski definition) is 2. The predicted molar refractivity (Wildman–Crippen MR) is 51.6 cm³/mol. The number of amides is 1. The van der Waals surface area contributed by atoms with E-state index < -0.39 is 0 Å². The Morgan fingerprint density at radius 3 is 3.07 bits per heavy atom. The predicted octanol–water partition coefficient (Wildman–Crippen LogP) is 0.246. The molecule has 0 aliphatic rings.